The number of aromatic nitrogens is 2. The minimum Gasteiger partial charge on any atom is -0.339 e. The van der Waals surface area contributed by atoms with Crippen molar-refractivity contribution in [2.45, 2.75) is 44.9 Å². The van der Waals surface area contributed by atoms with Crippen molar-refractivity contribution < 1.29 is 9.72 Å². The Morgan fingerprint density at radius 1 is 1.23 bits per heavy atom. The van der Waals surface area contributed by atoms with Crippen LogP contribution in [0.1, 0.15) is 60.3 Å². The van der Waals surface area contributed by atoms with Crippen molar-refractivity contribution in [1.82, 2.24) is 14.7 Å². The maximum absolute atomic E-state index is 13.2. The third-order valence-electron chi connectivity index (χ3n) is 5.22. The Labute approximate surface area is 151 Å². The minimum absolute atomic E-state index is 0.0507. The van der Waals surface area contributed by atoms with Gasteiger partial charge in [0.1, 0.15) is 0 Å². The summed E-state index contributed by atoms with van der Waals surface area (Å²) in [6.45, 7) is 3.65. The standard InChI is InChI=1S/C19H22N4O3/c1-2-16-17(19(24)21-11-3-4-12-21)18(13-5-6-13)20-22(16)14-7-9-15(10-8-14)23(25)26/h7-10,13H,2-6,11-12H2,1H3. The van der Waals surface area contributed by atoms with E-state index in [0.717, 1.165) is 61.4 Å². The van der Waals surface area contributed by atoms with Crippen molar-refractivity contribution in [2.75, 3.05) is 13.1 Å². The highest BCUT2D eigenvalue weighted by Gasteiger charge is 2.36. The lowest BCUT2D eigenvalue weighted by molar-refractivity contribution is -0.384. The molecule has 2 aromatic rings. The number of nitrogens with zero attached hydrogens (tertiary/aromatic N) is 4. The largest absolute Gasteiger partial charge is 0.339 e. The lowest BCUT2D eigenvalue weighted by Gasteiger charge is -2.16. The highest BCUT2D eigenvalue weighted by molar-refractivity contribution is 5.97. The Balaban J connectivity index is 1.78. The van der Waals surface area contributed by atoms with Crippen LogP contribution in [0.2, 0.25) is 0 Å². The van der Waals surface area contributed by atoms with Crippen LogP contribution in [0.15, 0.2) is 24.3 Å². The first-order valence-corrected chi connectivity index (χ1v) is 9.26. The Hall–Kier alpha value is -2.70. The molecule has 2 aliphatic rings. The summed E-state index contributed by atoms with van der Waals surface area (Å²) < 4.78 is 1.81. The number of nitro benzene ring substituents is 1. The first-order chi connectivity index (χ1) is 12.6. The van der Waals surface area contributed by atoms with Gasteiger partial charge in [0.15, 0.2) is 0 Å². The highest BCUT2D eigenvalue weighted by Crippen LogP contribution is 2.42. The van der Waals surface area contributed by atoms with Crippen molar-refractivity contribution in [3.05, 3.63) is 51.3 Å². The maximum Gasteiger partial charge on any atom is 0.269 e. The predicted molar refractivity (Wildman–Crippen MR) is 96.7 cm³/mol. The summed E-state index contributed by atoms with van der Waals surface area (Å²) in [6, 6.07) is 6.36. The quantitative estimate of drug-likeness (QED) is 0.608. The summed E-state index contributed by atoms with van der Waals surface area (Å²) in [7, 11) is 0. The summed E-state index contributed by atoms with van der Waals surface area (Å²) in [5.74, 6) is 0.454. The summed E-state index contributed by atoms with van der Waals surface area (Å²) in [6.07, 6.45) is 4.94. The molecule has 7 heteroatoms. The zero-order valence-corrected chi connectivity index (χ0v) is 14.9. The number of benzene rings is 1. The molecule has 0 N–H and O–H groups in total. The number of carbonyl (C=O) groups is 1. The zero-order chi connectivity index (χ0) is 18.3. The number of nitro groups is 1. The van der Waals surface area contributed by atoms with Crippen LogP contribution in [0, 0.1) is 10.1 Å². The number of rotatable bonds is 5. The number of non-ortho nitro benzene ring substituents is 1. The van der Waals surface area contributed by atoms with E-state index in [0.29, 0.717) is 12.3 Å². The van der Waals surface area contributed by atoms with Crippen molar-refractivity contribution in [3.8, 4) is 5.69 Å². The number of carbonyl (C=O) groups excluding carboxylic acids is 1. The summed E-state index contributed by atoms with van der Waals surface area (Å²) in [4.78, 5) is 25.6. The van der Waals surface area contributed by atoms with E-state index in [1.165, 1.54) is 12.1 Å². The van der Waals surface area contributed by atoms with Crippen LogP contribution in [0.25, 0.3) is 5.69 Å². The van der Waals surface area contributed by atoms with E-state index >= 15 is 0 Å². The monoisotopic (exact) mass is 354 g/mol. The fourth-order valence-corrected chi connectivity index (χ4v) is 3.68. The van der Waals surface area contributed by atoms with Gasteiger partial charge in [-0.15, -0.1) is 0 Å². The molecule has 7 nitrogen and oxygen atoms in total. The van der Waals surface area contributed by atoms with Crippen molar-refractivity contribution in [2.24, 2.45) is 0 Å². The minimum atomic E-state index is -0.411. The predicted octanol–water partition coefficient (Wildman–Crippen LogP) is 3.46. The second-order valence-corrected chi connectivity index (χ2v) is 7.02. The Morgan fingerprint density at radius 3 is 2.42 bits per heavy atom. The molecule has 2 heterocycles. The molecule has 0 spiro atoms. The van der Waals surface area contributed by atoms with Gasteiger partial charge < -0.3 is 4.90 Å². The van der Waals surface area contributed by atoms with E-state index < -0.39 is 4.92 Å². The van der Waals surface area contributed by atoms with Gasteiger partial charge in [-0.3, -0.25) is 14.9 Å². The van der Waals surface area contributed by atoms with E-state index in [1.54, 1.807) is 16.8 Å². The Kier molecular flexibility index (Phi) is 4.22. The molecule has 1 saturated carbocycles. The van der Waals surface area contributed by atoms with E-state index in [1.807, 2.05) is 11.8 Å². The molecule has 1 aromatic heterocycles. The molecule has 1 aliphatic heterocycles. The number of hydrogen-bond acceptors (Lipinski definition) is 4. The normalized spacial score (nSPS) is 16.9. The third kappa shape index (κ3) is 2.87. The van der Waals surface area contributed by atoms with Gasteiger partial charge in [-0.2, -0.15) is 5.10 Å². The molecule has 0 atom stereocenters. The summed E-state index contributed by atoms with van der Waals surface area (Å²) in [5.41, 5.74) is 3.37. The smallest absolute Gasteiger partial charge is 0.269 e. The molecule has 26 heavy (non-hydrogen) atoms. The highest BCUT2D eigenvalue weighted by atomic mass is 16.6. The SMILES string of the molecule is CCc1c(C(=O)N2CCCC2)c(C2CC2)nn1-c1ccc([N+](=O)[O-])cc1. The van der Waals surface area contributed by atoms with Crippen LogP contribution in [0.4, 0.5) is 5.69 Å². The second kappa shape index (κ2) is 6.55. The van der Waals surface area contributed by atoms with Gasteiger partial charge in [-0.05, 0) is 44.2 Å². The van der Waals surface area contributed by atoms with Crippen LogP contribution < -0.4 is 0 Å². The summed E-state index contributed by atoms with van der Waals surface area (Å²) >= 11 is 0. The van der Waals surface area contributed by atoms with Gasteiger partial charge >= 0.3 is 0 Å². The Morgan fingerprint density at radius 2 is 1.88 bits per heavy atom. The number of hydrogen-bond donors (Lipinski definition) is 0. The van der Waals surface area contributed by atoms with Gasteiger partial charge in [0, 0.05) is 31.1 Å². The van der Waals surface area contributed by atoms with Crippen molar-refractivity contribution >= 4 is 11.6 Å². The van der Waals surface area contributed by atoms with Crippen LogP contribution >= 0.6 is 0 Å². The van der Waals surface area contributed by atoms with Crippen LogP contribution in [0.3, 0.4) is 0 Å². The second-order valence-electron chi connectivity index (χ2n) is 7.02. The van der Waals surface area contributed by atoms with Crippen molar-refractivity contribution in [3.63, 3.8) is 0 Å². The van der Waals surface area contributed by atoms with Crippen molar-refractivity contribution in [1.29, 1.82) is 0 Å². The number of likely N-dealkylation sites (tertiary alicyclic amines) is 1. The molecule has 136 valence electrons. The number of amides is 1. The fraction of sp³-hybridized carbons (Fsp3) is 0.474. The molecule has 0 unspecified atom stereocenters. The fourth-order valence-electron chi connectivity index (χ4n) is 3.68. The molecule has 0 bridgehead atoms. The lowest BCUT2D eigenvalue weighted by atomic mass is 10.1. The third-order valence-corrected chi connectivity index (χ3v) is 5.22. The molecule has 2 fully saturated rings. The molecule has 1 aromatic carbocycles. The van der Waals surface area contributed by atoms with Crippen LogP contribution in [-0.2, 0) is 6.42 Å². The van der Waals surface area contributed by atoms with E-state index in [4.69, 9.17) is 5.10 Å². The van der Waals surface area contributed by atoms with E-state index in [9.17, 15) is 14.9 Å². The van der Waals surface area contributed by atoms with Gasteiger partial charge in [0.2, 0.25) is 0 Å². The molecule has 4 rings (SSSR count). The average molecular weight is 354 g/mol. The van der Waals surface area contributed by atoms with Gasteiger partial charge in [-0.1, -0.05) is 6.92 Å². The van der Waals surface area contributed by atoms with Gasteiger partial charge in [-0.25, -0.2) is 4.68 Å². The molecule has 1 aliphatic carbocycles. The topological polar surface area (TPSA) is 81.3 Å². The van der Waals surface area contributed by atoms with Crippen LogP contribution in [0.5, 0.6) is 0 Å². The zero-order valence-electron chi connectivity index (χ0n) is 14.9. The van der Waals surface area contributed by atoms with Gasteiger partial charge in [0.05, 0.1) is 27.6 Å². The van der Waals surface area contributed by atoms with E-state index in [-0.39, 0.29) is 11.6 Å². The maximum atomic E-state index is 13.2. The molecule has 1 saturated heterocycles. The first kappa shape index (κ1) is 16.8. The van der Waals surface area contributed by atoms with Crippen LogP contribution in [-0.4, -0.2) is 38.6 Å². The molecule has 0 radical (unpaired) electrons. The Bertz CT molecular complexity index is 846. The molecular formula is C19H22N4O3. The first-order valence-electron chi connectivity index (χ1n) is 9.26. The summed E-state index contributed by atoms with van der Waals surface area (Å²) in [5, 5.41) is 15.7. The lowest BCUT2D eigenvalue weighted by Crippen LogP contribution is -2.29. The molecule has 1 amide bonds. The van der Waals surface area contributed by atoms with Gasteiger partial charge in [0.25, 0.3) is 11.6 Å². The average Bonchev–Trinajstić information content (AvgIpc) is 3.21. The molecular weight excluding hydrogens is 332 g/mol. The van der Waals surface area contributed by atoms with E-state index in [2.05, 4.69) is 0 Å².